The van der Waals surface area contributed by atoms with Gasteiger partial charge < -0.3 is 9.73 Å². The van der Waals surface area contributed by atoms with Crippen molar-refractivity contribution < 1.29 is 9.21 Å². The van der Waals surface area contributed by atoms with Crippen LogP contribution in [0.4, 0.5) is 0 Å². The summed E-state index contributed by atoms with van der Waals surface area (Å²) in [4.78, 5) is 11.6. The lowest BCUT2D eigenvalue weighted by Gasteiger charge is -2.00. The number of hydrogen-bond acceptors (Lipinski definition) is 2. The molecule has 1 heterocycles. The molecule has 0 aliphatic rings. The lowest BCUT2D eigenvalue weighted by Crippen LogP contribution is -2.24. The summed E-state index contributed by atoms with van der Waals surface area (Å²) in [5, 5.41) is 2.61. The number of furan rings is 1. The van der Waals surface area contributed by atoms with Crippen LogP contribution in [-0.4, -0.2) is 12.5 Å². The minimum absolute atomic E-state index is 0.171. The molecular formula is C11H13NO2. The van der Waals surface area contributed by atoms with Crippen LogP contribution in [0.25, 0.3) is 0 Å². The second-order valence-electron chi connectivity index (χ2n) is 3.10. The molecule has 0 fully saturated rings. The summed E-state index contributed by atoms with van der Waals surface area (Å²) in [6.07, 6.45) is 5.05. The summed E-state index contributed by atoms with van der Waals surface area (Å²) in [7, 11) is 0. The third-order valence-corrected chi connectivity index (χ3v) is 2.14. The van der Waals surface area contributed by atoms with Crippen molar-refractivity contribution in [1.29, 1.82) is 0 Å². The molecule has 1 aromatic rings. The van der Waals surface area contributed by atoms with Gasteiger partial charge in [-0.2, -0.15) is 0 Å². The van der Waals surface area contributed by atoms with E-state index >= 15 is 0 Å². The maximum absolute atomic E-state index is 11.6. The highest BCUT2D eigenvalue weighted by Gasteiger charge is 2.17. The maximum Gasteiger partial charge on any atom is 0.255 e. The summed E-state index contributed by atoms with van der Waals surface area (Å²) in [6.45, 7) is 5.70. The van der Waals surface area contributed by atoms with Gasteiger partial charge in [-0.15, -0.1) is 6.42 Å². The van der Waals surface area contributed by atoms with E-state index in [9.17, 15) is 4.79 Å². The smallest absolute Gasteiger partial charge is 0.255 e. The van der Waals surface area contributed by atoms with Crippen molar-refractivity contribution in [1.82, 2.24) is 5.32 Å². The van der Waals surface area contributed by atoms with E-state index in [1.807, 2.05) is 13.8 Å². The molecule has 0 aromatic carbocycles. The quantitative estimate of drug-likeness (QED) is 0.721. The molecule has 0 atom stereocenters. The van der Waals surface area contributed by atoms with E-state index in [1.165, 1.54) is 0 Å². The zero-order valence-corrected chi connectivity index (χ0v) is 8.60. The summed E-state index contributed by atoms with van der Waals surface area (Å²) in [5.74, 6) is 3.59. The Balaban J connectivity index is 2.96. The normalized spacial score (nSPS) is 9.57. The number of hydrogen-bond donors (Lipinski definition) is 1. The molecule has 0 saturated heterocycles. The number of terminal acetylenes is 1. The summed E-state index contributed by atoms with van der Waals surface area (Å²) in [6, 6.07) is 0. The summed E-state index contributed by atoms with van der Waals surface area (Å²) < 4.78 is 5.33. The van der Waals surface area contributed by atoms with E-state index in [2.05, 4.69) is 11.2 Å². The molecular weight excluding hydrogens is 178 g/mol. The van der Waals surface area contributed by atoms with Gasteiger partial charge in [-0.1, -0.05) is 5.92 Å². The lowest BCUT2D eigenvalue weighted by molar-refractivity contribution is 0.0956. The number of carbonyl (C=O) groups is 1. The fraction of sp³-hybridized carbons (Fsp3) is 0.364. The first kappa shape index (κ1) is 10.4. The fourth-order valence-electron chi connectivity index (χ4n) is 1.35. The SMILES string of the molecule is C#CCNC(=O)c1c(C)oc(C)c1C. The Morgan fingerprint density at radius 2 is 2.07 bits per heavy atom. The van der Waals surface area contributed by atoms with Crippen molar-refractivity contribution in [3.63, 3.8) is 0 Å². The predicted octanol–water partition coefficient (Wildman–Crippen LogP) is 1.57. The minimum atomic E-state index is -0.171. The molecule has 0 unspecified atom stereocenters. The first-order valence-corrected chi connectivity index (χ1v) is 4.36. The number of rotatable bonds is 2. The van der Waals surface area contributed by atoms with Crippen LogP contribution in [0.2, 0.25) is 0 Å². The van der Waals surface area contributed by atoms with Gasteiger partial charge in [0.2, 0.25) is 0 Å². The van der Waals surface area contributed by atoms with Crippen molar-refractivity contribution in [3.8, 4) is 12.3 Å². The average molecular weight is 191 g/mol. The Morgan fingerprint density at radius 3 is 2.50 bits per heavy atom. The minimum Gasteiger partial charge on any atom is -0.466 e. The van der Waals surface area contributed by atoms with Crippen molar-refractivity contribution >= 4 is 5.91 Å². The Morgan fingerprint density at radius 1 is 1.43 bits per heavy atom. The maximum atomic E-state index is 11.6. The molecule has 1 rings (SSSR count). The van der Waals surface area contributed by atoms with E-state index in [4.69, 9.17) is 10.8 Å². The van der Waals surface area contributed by atoms with Crippen LogP contribution in [0.15, 0.2) is 4.42 Å². The lowest BCUT2D eigenvalue weighted by atomic mass is 10.1. The first-order valence-electron chi connectivity index (χ1n) is 4.36. The molecule has 0 aliphatic heterocycles. The fourth-order valence-corrected chi connectivity index (χ4v) is 1.35. The molecule has 74 valence electrons. The zero-order chi connectivity index (χ0) is 10.7. The molecule has 0 saturated carbocycles. The van der Waals surface area contributed by atoms with E-state index in [0.717, 1.165) is 11.3 Å². The molecule has 1 amide bonds. The van der Waals surface area contributed by atoms with Crippen LogP contribution in [-0.2, 0) is 0 Å². The van der Waals surface area contributed by atoms with Crippen LogP contribution in [0.3, 0.4) is 0 Å². The Kier molecular flexibility index (Phi) is 2.98. The number of carbonyl (C=O) groups excluding carboxylic acids is 1. The third-order valence-electron chi connectivity index (χ3n) is 2.14. The van der Waals surface area contributed by atoms with Crippen LogP contribution >= 0.6 is 0 Å². The van der Waals surface area contributed by atoms with Crippen molar-refractivity contribution in [2.75, 3.05) is 6.54 Å². The Labute approximate surface area is 83.5 Å². The molecule has 0 aliphatic carbocycles. The second-order valence-corrected chi connectivity index (χ2v) is 3.10. The van der Waals surface area contributed by atoms with Crippen molar-refractivity contribution in [2.45, 2.75) is 20.8 Å². The Bertz CT molecular complexity index is 396. The molecule has 0 spiro atoms. The largest absolute Gasteiger partial charge is 0.466 e. The van der Waals surface area contributed by atoms with Gasteiger partial charge >= 0.3 is 0 Å². The summed E-state index contributed by atoms with van der Waals surface area (Å²) in [5.41, 5.74) is 1.47. The highest BCUT2D eigenvalue weighted by molar-refractivity contribution is 5.96. The average Bonchev–Trinajstić information content (AvgIpc) is 2.38. The van der Waals surface area contributed by atoms with E-state index in [0.29, 0.717) is 11.3 Å². The van der Waals surface area contributed by atoms with E-state index < -0.39 is 0 Å². The molecule has 1 aromatic heterocycles. The highest BCUT2D eigenvalue weighted by atomic mass is 16.3. The van der Waals surface area contributed by atoms with Crippen LogP contribution in [0.1, 0.15) is 27.4 Å². The molecule has 0 radical (unpaired) electrons. The molecule has 14 heavy (non-hydrogen) atoms. The molecule has 1 N–H and O–H groups in total. The van der Waals surface area contributed by atoms with Gasteiger partial charge in [0.05, 0.1) is 12.1 Å². The molecule has 3 nitrogen and oxygen atoms in total. The molecule has 0 bridgehead atoms. The number of amides is 1. The van der Waals surface area contributed by atoms with Crippen LogP contribution in [0.5, 0.6) is 0 Å². The third kappa shape index (κ3) is 1.80. The number of aryl methyl sites for hydroxylation is 2. The topological polar surface area (TPSA) is 42.2 Å². The summed E-state index contributed by atoms with van der Waals surface area (Å²) >= 11 is 0. The van der Waals surface area contributed by atoms with Gasteiger partial charge in [-0.05, 0) is 20.8 Å². The first-order chi connectivity index (χ1) is 6.57. The van der Waals surface area contributed by atoms with E-state index in [-0.39, 0.29) is 12.5 Å². The van der Waals surface area contributed by atoms with Crippen molar-refractivity contribution in [3.05, 3.63) is 22.6 Å². The van der Waals surface area contributed by atoms with Crippen molar-refractivity contribution in [2.24, 2.45) is 0 Å². The van der Waals surface area contributed by atoms with Crippen LogP contribution < -0.4 is 5.32 Å². The van der Waals surface area contributed by atoms with E-state index in [1.54, 1.807) is 6.92 Å². The monoisotopic (exact) mass is 191 g/mol. The number of nitrogens with one attached hydrogen (secondary N) is 1. The Hall–Kier alpha value is -1.69. The molecule has 3 heteroatoms. The van der Waals surface area contributed by atoms with Gasteiger partial charge in [0.25, 0.3) is 5.91 Å². The van der Waals surface area contributed by atoms with Gasteiger partial charge in [0.15, 0.2) is 0 Å². The second kappa shape index (κ2) is 4.01. The van der Waals surface area contributed by atoms with Gasteiger partial charge in [0.1, 0.15) is 11.5 Å². The van der Waals surface area contributed by atoms with Gasteiger partial charge in [-0.25, -0.2) is 0 Å². The predicted molar refractivity (Wildman–Crippen MR) is 54.1 cm³/mol. The van der Waals surface area contributed by atoms with Crippen LogP contribution in [0, 0.1) is 33.1 Å². The highest BCUT2D eigenvalue weighted by Crippen LogP contribution is 2.20. The van der Waals surface area contributed by atoms with Gasteiger partial charge in [0, 0.05) is 5.56 Å². The standard InChI is InChI=1S/C11H13NO2/c1-5-6-12-11(13)10-7(2)8(3)14-9(10)4/h1H,6H2,2-4H3,(H,12,13). The zero-order valence-electron chi connectivity index (χ0n) is 8.60. The van der Waals surface area contributed by atoms with Gasteiger partial charge in [-0.3, -0.25) is 4.79 Å².